The molecule has 1 aromatic carbocycles. The van der Waals surface area contributed by atoms with Crippen molar-refractivity contribution in [2.45, 2.75) is 29.4 Å². The molecule has 2 saturated heterocycles. The average Bonchev–Trinajstić information content (AvgIpc) is 3.43. The number of hydrogen-bond donors (Lipinski definition) is 1. The van der Waals surface area contributed by atoms with E-state index < -0.39 is 0 Å². The molecule has 2 aliphatic rings. The largest absolute Gasteiger partial charge is 0.449 e. The first-order chi connectivity index (χ1) is 19.5. The molecule has 2 fully saturated rings. The van der Waals surface area contributed by atoms with Gasteiger partial charge in [-0.2, -0.15) is 0 Å². The second kappa shape index (κ2) is 12.3. The molecule has 10 heteroatoms. The maximum atomic E-state index is 13.2. The Morgan fingerprint density at radius 3 is 2.65 bits per heavy atom. The van der Waals surface area contributed by atoms with Crippen LogP contribution in [-0.2, 0) is 6.42 Å². The Balaban J connectivity index is 1.07. The van der Waals surface area contributed by atoms with Crippen LogP contribution < -0.4 is 15.1 Å². The minimum atomic E-state index is -0.167. The maximum absolute atomic E-state index is 13.2. The number of carbonyl (C=O) groups is 1. The summed E-state index contributed by atoms with van der Waals surface area (Å²) in [7, 11) is 0. The fraction of sp³-hybridized carbons (Fsp3) is 0.367. The lowest BCUT2D eigenvalue weighted by atomic mass is 10.0. The van der Waals surface area contributed by atoms with Gasteiger partial charge in [-0.1, -0.05) is 52.4 Å². The molecule has 0 saturated carbocycles. The van der Waals surface area contributed by atoms with E-state index in [0.717, 1.165) is 86.7 Å². The van der Waals surface area contributed by atoms with Gasteiger partial charge in [0.2, 0.25) is 0 Å². The number of fused-ring (bicyclic) bond motifs is 1. The summed E-state index contributed by atoms with van der Waals surface area (Å²) in [5, 5.41) is 4.80. The number of amides is 1. The number of anilines is 2. The van der Waals surface area contributed by atoms with Crippen molar-refractivity contribution in [1.29, 1.82) is 0 Å². The van der Waals surface area contributed by atoms with Crippen LogP contribution in [0.25, 0.3) is 11.0 Å². The molecular formula is C30H32ClIN6O2. The lowest BCUT2D eigenvalue weighted by Gasteiger charge is -2.37. The number of rotatable bonds is 7. The molecular weight excluding hydrogens is 639 g/mol. The van der Waals surface area contributed by atoms with Crippen LogP contribution in [-0.4, -0.2) is 70.1 Å². The van der Waals surface area contributed by atoms with Crippen molar-refractivity contribution in [3.05, 3.63) is 83.5 Å². The summed E-state index contributed by atoms with van der Waals surface area (Å²) in [6.45, 7) is 5.58. The van der Waals surface area contributed by atoms with Crippen molar-refractivity contribution in [2.24, 2.45) is 0 Å². The van der Waals surface area contributed by atoms with Crippen LogP contribution in [0.4, 0.5) is 11.5 Å². The fourth-order valence-electron chi connectivity index (χ4n) is 5.57. The number of piperazine rings is 1. The van der Waals surface area contributed by atoms with Crippen LogP contribution >= 0.6 is 34.2 Å². The second-order valence-corrected chi connectivity index (χ2v) is 12.2. The molecule has 0 radical (unpaired) electrons. The summed E-state index contributed by atoms with van der Waals surface area (Å²) in [5.74, 6) is 0.989. The summed E-state index contributed by atoms with van der Waals surface area (Å²) in [6.07, 6.45) is 6.19. The molecule has 3 aromatic heterocycles. The first-order valence-electron chi connectivity index (χ1n) is 13.8. The number of halogens is 2. The molecule has 208 valence electrons. The van der Waals surface area contributed by atoms with Crippen LogP contribution in [0.1, 0.15) is 29.1 Å². The molecule has 0 spiro atoms. The SMILES string of the molecule is O=C(NC1CCN(c2ncccc2Cl)C(I)C1)c1cc2cccc(N3CCN(CCc4ccccn4)CC3)c2o1. The second-order valence-electron chi connectivity index (χ2n) is 10.3. The Hall–Kier alpha value is -2.89. The van der Waals surface area contributed by atoms with Gasteiger partial charge in [-0.15, -0.1) is 0 Å². The number of pyridine rings is 2. The molecule has 2 unspecified atom stereocenters. The molecule has 1 amide bonds. The molecule has 8 nitrogen and oxygen atoms in total. The average molecular weight is 671 g/mol. The molecule has 2 atom stereocenters. The highest BCUT2D eigenvalue weighted by Gasteiger charge is 2.30. The van der Waals surface area contributed by atoms with E-state index in [9.17, 15) is 4.79 Å². The van der Waals surface area contributed by atoms with Crippen molar-refractivity contribution in [2.75, 3.05) is 49.1 Å². The standard InChI is InChI=1S/C30H32ClIN6O2/c31-24-7-4-12-34-29(24)38-14-10-23(20-27(38)32)35-30(39)26-19-21-5-3-8-25(28(21)40-26)37-17-15-36(16-18-37)13-9-22-6-1-2-11-33-22/h1-8,11-12,19,23,27H,9-10,13-18,20H2,(H,35,39). The zero-order valence-corrected chi connectivity index (χ0v) is 25.1. The van der Waals surface area contributed by atoms with Crippen molar-refractivity contribution < 1.29 is 9.21 Å². The van der Waals surface area contributed by atoms with Gasteiger partial charge in [-0.3, -0.25) is 14.7 Å². The number of furan rings is 1. The minimum Gasteiger partial charge on any atom is -0.449 e. The number of nitrogens with one attached hydrogen (secondary N) is 1. The number of alkyl halides is 1. The maximum Gasteiger partial charge on any atom is 0.287 e. The lowest BCUT2D eigenvalue weighted by molar-refractivity contribution is 0.0904. The number of benzene rings is 1. The topological polar surface area (TPSA) is 77.7 Å². The van der Waals surface area contributed by atoms with Gasteiger partial charge in [0, 0.05) is 75.2 Å². The van der Waals surface area contributed by atoms with Crippen molar-refractivity contribution in [1.82, 2.24) is 20.2 Å². The first-order valence-corrected chi connectivity index (χ1v) is 15.4. The quantitative estimate of drug-likeness (QED) is 0.160. The summed E-state index contributed by atoms with van der Waals surface area (Å²) in [6, 6.07) is 17.9. The van der Waals surface area contributed by atoms with E-state index in [1.165, 1.54) is 0 Å². The van der Waals surface area contributed by atoms with E-state index in [1.807, 2.05) is 48.7 Å². The van der Waals surface area contributed by atoms with Gasteiger partial charge in [-0.05, 0) is 49.2 Å². The number of carbonyl (C=O) groups excluding carboxylic acids is 1. The van der Waals surface area contributed by atoms with Crippen LogP contribution in [0.2, 0.25) is 5.02 Å². The Morgan fingerprint density at radius 2 is 1.88 bits per heavy atom. The number of hydrogen-bond acceptors (Lipinski definition) is 7. The zero-order chi connectivity index (χ0) is 27.5. The van der Waals surface area contributed by atoms with Gasteiger partial charge in [-0.25, -0.2) is 4.98 Å². The van der Waals surface area contributed by atoms with Crippen LogP contribution in [0.3, 0.4) is 0 Å². The van der Waals surface area contributed by atoms with E-state index in [-0.39, 0.29) is 16.0 Å². The van der Waals surface area contributed by atoms with Gasteiger partial charge in [0.15, 0.2) is 11.3 Å². The normalized spacial score (nSPS) is 20.1. The minimum absolute atomic E-state index is 0.0555. The van der Waals surface area contributed by atoms with E-state index in [0.29, 0.717) is 10.8 Å². The molecule has 2 aliphatic heterocycles. The predicted octanol–water partition coefficient (Wildman–Crippen LogP) is 5.40. The van der Waals surface area contributed by atoms with Crippen molar-refractivity contribution in [3.63, 3.8) is 0 Å². The highest BCUT2D eigenvalue weighted by Crippen LogP contribution is 2.33. The first kappa shape index (κ1) is 27.3. The highest BCUT2D eigenvalue weighted by atomic mass is 127. The summed E-state index contributed by atoms with van der Waals surface area (Å²) >= 11 is 8.78. The molecule has 1 N–H and O–H groups in total. The predicted molar refractivity (Wildman–Crippen MR) is 168 cm³/mol. The lowest BCUT2D eigenvalue weighted by Crippen LogP contribution is -2.48. The Morgan fingerprint density at radius 1 is 1.02 bits per heavy atom. The van der Waals surface area contributed by atoms with Gasteiger partial charge in [0.05, 0.1) is 14.8 Å². The van der Waals surface area contributed by atoms with Crippen LogP contribution in [0.5, 0.6) is 0 Å². The van der Waals surface area contributed by atoms with E-state index in [4.69, 9.17) is 16.0 Å². The molecule has 40 heavy (non-hydrogen) atoms. The Kier molecular flexibility index (Phi) is 8.40. The van der Waals surface area contributed by atoms with Crippen molar-refractivity contribution >= 4 is 62.6 Å². The Labute approximate surface area is 252 Å². The van der Waals surface area contributed by atoms with E-state index in [1.54, 1.807) is 6.20 Å². The number of nitrogens with zero attached hydrogens (tertiary/aromatic N) is 5. The number of aromatic nitrogens is 2. The zero-order valence-electron chi connectivity index (χ0n) is 22.2. The molecule has 0 bridgehead atoms. The van der Waals surface area contributed by atoms with Gasteiger partial charge in [0.25, 0.3) is 5.91 Å². The van der Waals surface area contributed by atoms with Crippen LogP contribution in [0, 0.1) is 0 Å². The third kappa shape index (κ3) is 6.06. The summed E-state index contributed by atoms with van der Waals surface area (Å²) in [4.78, 5) is 29.2. The molecule has 4 aromatic rings. The number of piperidine rings is 1. The third-order valence-electron chi connectivity index (χ3n) is 7.75. The smallest absolute Gasteiger partial charge is 0.287 e. The molecule has 0 aliphatic carbocycles. The van der Waals surface area contributed by atoms with Gasteiger partial charge < -0.3 is 19.5 Å². The monoisotopic (exact) mass is 670 g/mol. The van der Waals surface area contributed by atoms with Gasteiger partial charge >= 0.3 is 0 Å². The summed E-state index contributed by atoms with van der Waals surface area (Å²) in [5.41, 5.74) is 2.96. The number of para-hydroxylation sites is 1. The highest BCUT2D eigenvalue weighted by molar-refractivity contribution is 14.1. The molecule has 6 rings (SSSR count). The molecule has 5 heterocycles. The van der Waals surface area contributed by atoms with E-state index >= 15 is 0 Å². The Bertz CT molecular complexity index is 1460. The summed E-state index contributed by atoms with van der Waals surface area (Å²) < 4.78 is 6.38. The van der Waals surface area contributed by atoms with Gasteiger partial charge in [0.1, 0.15) is 5.82 Å². The van der Waals surface area contributed by atoms with Crippen molar-refractivity contribution in [3.8, 4) is 0 Å². The third-order valence-corrected chi connectivity index (χ3v) is 9.23. The van der Waals surface area contributed by atoms with E-state index in [2.05, 4.69) is 64.7 Å². The van der Waals surface area contributed by atoms with Crippen LogP contribution in [0.15, 0.2) is 71.4 Å². The fourth-order valence-corrected chi connectivity index (χ4v) is 6.96.